The Morgan fingerprint density at radius 2 is 2.00 bits per heavy atom. The van der Waals surface area contributed by atoms with Crippen molar-refractivity contribution in [3.05, 3.63) is 104 Å². The second-order valence-electron chi connectivity index (χ2n) is 7.29. The zero-order valence-electron chi connectivity index (χ0n) is 16.3. The zero-order chi connectivity index (χ0) is 20.3. The van der Waals surface area contributed by atoms with Gasteiger partial charge in [-0.25, -0.2) is 0 Å². The van der Waals surface area contributed by atoms with Gasteiger partial charge < -0.3 is 4.90 Å². The number of benzene rings is 1. The average molecular weight is 432 g/mol. The van der Waals surface area contributed by atoms with Crippen LogP contribution in [0.4, 0.5) is 0 Å². The van der Waals surface area contributed by atoms with Crippen LogP contribution in [0, 0.1) is 0 Å². The van der Waals surface area contributed by atoms with Gasteiger partial charge in [0.05, 0.1) is 18.8 Å². The van der Waals surface area contributed by atoms with Crippen LogP contribution in [0.15, 0.2) is 77.8 Å². The van der Waals surface area contributed by atoms with Gasteiger partial charge in [0.25, 0.3) is 0 Å². The average Bonchev–Trinajstić information content (AvgIpc) is 3.53. The van der Waals surface area contributed by atoms with Gasteiger partial charge in [-0.15, -0.1) is 22.7 Å². The molecule has 4 aromatic rings. The molecule has 0 spiro atoms. The molecule has 1 unspecified atom stereocenters. The van der Waals surface area contributed by atoms with Gasteiger partial charge in [-0.2, -0.15) is 5.10 Å². The number of aromatic nitrogens is 2. The summed E-state index contributed by atoms with van der Waals surface area (Å²) in [6, 6.07) is 16.6. The Labute approximate surface area is 183 Å². The van der Waals surface area contributed by atoms with Gasteiger partial charge >= 0.3 is 0 Å². The first-order valence-corrected chi connectivity index (χ1v) is 11.7. The lowest BCUT2D eigenvalue weighted by Gasteiger charge is -2.34. The van der Waals surface area contributed by atoms with E-state index in [1.54, 1.807) is 34.9 Å². The standard InChI is InChI=1S/C24H21N3OS2/c28-23(9-8-19-15-25-26(17-19)16-18-5-2-1-3-6-18)27-12-10-21-20(11-14-30-21)24(27)22-7-4-13-29-22/h1-9,11,13-15,17,24H,10,12,16H2/b9-8+. The Morgan fingerprint density at radius 3 is 2.83 bits per heavy atom. The topological polar surface area (TPSA) is 38.1 Å². The monoisotopic (exact) mass is 431 g/mol. The summed E-state index contributed by atoms with van der Waals surface area (Å²) in [7, 11) is 0. The minimum absolute atomic E-state index is 0.0120. The first-order chi connectivity index (χ1) is 14.8. The van der Waals surface area contributed by atoms with E-state index in [2.05, 4.69) is 46.2 Å². The second kappa shape index (κ2) is 8.42. The second-order valence-corrected chi connectivity index (χ2v) is 9.27. The van der Waals surface area contributed by atoms with Crippen LogP contribution in [0.5, 0.6) is 0 Å². The highest BCUT2D eigenvalue weighted by Gasteiger charge is 2.32. The number of thiophene rings is 2. The Balaban J connectivity index is 1.33. The van der Waals surface area contributed by atoms with Crippen LogP contribution in [0.3, 0.4) is 0 Å². The molecule has 5 rings (SSSR count). The van der Waals surface area contributed by atoms with Crippen LogP contribution >= 0.6 is 22.7 Å². The van der Waals surface area contributed by atoms with Crippen LogP contribution in [0.1, 0.15) is 32.5 Å². The van der Waals surface area contributed by atoms with E-state index in [1.807, 2.05) is 40.1 Å². The maximum atomic E-state index is 13.1. The summed E-state index contributed by atoms with van der Waals surface area (Å²) in [6.45, 7) is 1.46. The number of rotatable bonds is 5. The molecule has 4 nitrogen and oxygen atoms in total. The van der Waals surface area contributed by atoms with Gasteiger partial charge in [-0.3, -0.25) is 9.48 Å². The van der Waals surface area contributed by atoms with E-state index in [4.69, 9.17) is 0 Å². The molecule has 4 heterocycles. The molecule has 6 heteroatoms. The normalized spacial score (nSPS) is 16.1. The molecular formula is C24H21N3OS2. The largest absolute Gasteiger partial charge is 0.327 e. The highest BCUT2D eigenvalue weighted by molar-refractivity contribution is 7.10. The van der Waals surface area contributed by atoms with Crippen LogP contribution < -0.4 is 0 Å². The molecule has 3 aromatic heterocycles. The smallest absolute Gasteiger partial charge is 0.247 e. The van der Waals surface area contributed by atoms with E-state index in [-0.39, 0.29) is 11.9 Å². The first kappa shape index (κ1) is 19.0. The summed E-state index contributed by atoms with van der Waals surface area (Å²) in [4.78, 5) is 17.7. The number of nitrogens with zero attached hydrogens (tertiary/aromatic N) is 3. The van der Waals surface area contributed by atoms with E-state index in [0.29, 0.717) is 0 Å². The summed E-state index contributed by atoms with van der Waals surface area (Å²) < 4.78 is 1.90. The Kier molecular flexibility index (Phi) is 5.34. The van der Waals surface area contributed by atoms with E-state index in [0.717, 1.165) is 25.1 Å². The van der Waals surface area contributed by atoms with Crippen molar-refractivity contribution >= 4 is 34.7 Å². The molecule has 1 aromatic carbocycles. The van der Waals surface area contributed by atoms with Crippen LogP contribution in [0.25, 0.3) is 6.08 Å². The number of amides is 1. The van der Waals surface area contributed by atoms with Crippen molar-refractivity contribution in [3.8, 4) is 0 Å². The Hall–Kier alpha value is -2.96. The van der Waals surface area contributed by atoms with Crippen LogP contribution in [-0.4, -0.2) is 27.1 Å². The summed E-state index contributed by atoms with van der Waals surface area (Å²) in [5.74, 6) is 0.0426. The number of carbonyl (C=O) groups excluding carboxylic acids is 1. The fourth-order valence-electron chi connectivity index (χ4n) is 3.89. The van der Waals surface area contributed by atoms with Crippen LogP contribution in [0.2, 0.25) is 0 Å². The molecule has 0 bridgehead atoms. The highest BCUT2D eigenvalue weighted by atomic mass is 32.1. The molecule has 1 aliphatic heterocycles. The molecule has 150 valence electrons. The van der Waals surface area contributed by atoms with Crippen molar-refractivity contribution in [2.24, 2.45) is 0 Å². The van der Waals surface area contributed by atoms with E-state index >= 15 is 0 Å². The number of hydrogen-bond donors (Lipinski definition) is 0. The zero-order valence-corrected chi connectivity index (χ0v) is 18.0. The van der Waals surface area contributed by atoms with Gasteiger partial charge in [0, 0.05) is 34.1 Å². The molecule has 0 N–H and O–H groups in total. The van der Waals surface area contributed by atoms with Gasteiger partial charge in [-0.1, -0.05) is 36.4 Å². The van der Waals surface area contributed by atoms with Gasteiger partial charge in [-0.05, 0) is 46.5 Å². The summed E-state index contributed by atoms with van der Waals surface area (Å²) >= 11 is 3.50. The predicted octanol–water partition coefficient (Wildman–Crippen LogP) is 5.24. The lowest BCUT2D eigenvalue weighted by atomic mass is 9.98. The predicted molar refractivity (Wildman–Crippen MR) is 123 cm³/mol. The maximum Gasteiger partial charge on any atom is 0.247 e. The van der Waals surface area contributed by atoms with Crippen molar-refractivity contribution in [1.82, 2.24) is 14.7 Å². The Bertz CT molecular complexity index is 1160. The van der Waals surface area contributed by atoms with Gasteiger partial charge in [0.1, 0.15) is 0 Å². The maximum absolute atomic E-state index is 13.1. The van der Waals surface area contributed by atoms with Crippen molar-refractivity contribution in [3.63, 3.8) is 0 Å². The van der Waals surface area contributed by atoms with Crippen molar-refractivity contribution in [2.75, 3.05) is 6.54 Å². The first-order valence-electron chi connectivity index (χ1n) is 9.92. The molecule has 1 atom stereocenters. The van der Waals surface area contributed by atoms with E-state index in [9.17, 15) is 4.79 Å². The number of hydrogen-bond acceptors (Lipinski definition) is 4. The molecule has 1 amide bonds. The molecule has 0 radical (unpaired) electrons. The summed E-state index contributed by atoms with van der Waals surface area (Å²) in [6.07, 6.45) is 8.24. The summed E-state index contributed by atoms with van der Waals surface area (Å²) in [5, 5.41) is 8.64. The third kappa shape index (κ3) is 3.88. The van der Waals surface area contributed by atoms with Gasteiger partial charge in [0.2, 0.25) is 5.91 Å². The highest BCUT2D eigenvalue weighted by Crippen LogP contribution is 2.39. The minimum Gasteiger partial charge on any atom is -0.327 e. The number of carbonyl (C=O) groups is 1. The molecule has 1 aliphatic rings. The third-order valence-corrected chi connectivity index (χ3v) is 7.24. The third-order valence-electron chi connectivity index (χ3n) is 5.32. The molecule has 0 aliphatic carbocycles. The molecule has 0 fully saturated rings. The molecule has 30 heavy (non-hydrogen) atoms. The molecule has 0 saturated carbocycles. The van der Waals surface area contributed by atoms with Crippen molar-refractivity contribution in [2.45, 2.75) is 19.0 Å². The quantitative estimate of drug-likeness (QED) is 0.405. The lowest BCUT2D eigenvalue weighted by molar-refractivity contribution is -0.127. The lowest BCUT2D eigenvalue weighted by Crippen LogP contribution is -2.38. The van der Waals surface area contributed by atoms with Crippen molar-refractivity contribution in [1.29, 1.82) is 0 Å². The SMILES string of the molecule is O=C(/C=C/c1cnn(Cc2ccccc2)c1)N1CCc2sccc2C1c1cccs1. The fraction of sp³-hybridized carbons (Fsp3) is 0.167. The molecule has 0 saturated heterocycles. The molecular weight excluding hydrogens is 410 g/mol. The fourth-order valence-corrected chi connectivity index (χ4v) is 5.65. The van der Waals surface area contributed by atoms with E-state index in [1.165, 1.54) is 20.9 Å². The Morgan fingerprint density at radius 1 is 1.10 bits per heavy atom. The summed E-state index contributed by atoms with van der Waals surface area (Å²) in [5.41, 5.74) is 3.40. The number of fused-ring (bicyclic) bond motifs is 1. The minimum atomic E-state index is 0.0120. The van der Waals surface area contributed by atoms with E-state index < -0.39 is 0 Å². The van der Waals surface area contributed by atoms with Crippen LogP contribution in [-0.2, 0) is 17.8 Å². The van der Waals surface area contributed by atoms with Crippen molar-refractivity contribution < 1.29 is 4.79 Å². The van der Waals surface area contributed by atoms with Gasteiger partial charge in [0.15, 0.2) is 0 Å².